The van der Waals surface area contributed by atoms with Gasteiger partial charge in [0.25, 0.3) is 0 Å². The average Bonchev–Trinajstić information content (AvgIpc) is 3.51. The first-order valence-corrected chi connectivity index (χ1v) is 13.8. The Balaban J connectivity index is 1.41. The van der Waals surface area contributed by atoms with Crippen LogP contribution in [0.15, 0.2) is 29.2 Å². The number of benzene rings is 1. The average molecular weight is 513 g/mol. The molecular formula is C22H30ClFN6O3S. The smallest absolute Gasteiger partial charge is 0.211 e. The fourth-order valence-corrected chi connectivity index (χ4v) is 5.09. The number of fused-ring (bicyclic) bond motifs is 1. The minimum absolute atomic E-state index is 0.133. The Morgan fingerprint density at radius 1 is 1.32 bits per heavy atom. The third-order valence-corrected chi connectivity index (χ3v) is 7.59. The van der Waals surface area contributed by atoms with Crippen molar-refractivity contribution in [1.29, 1.82) is 0 Å². The molecule has 1 atom stereocenters. The summed E-state index contributed by atoms with van der Waals surface area (Å²) in [5, 5.41) is 12.0. The Labute approximate surface area is 204 Å². The largest absolute Gasteiger partial charge is 0.441 e. The molecule has 1 N–H and O–H groups in total. The fourth-order valence-electron chi connectivity index (χ4n) is 3.91. The van der Waals surface area contributed by atoms with Crippen LogP contribution in [-0.2, 0) is 16.6 Å². The first-order chi connectivity index (χ1) is 16.3. The predicted octanol–water partition coefficient (Wildman–Crippen LogP) is 3.36. The Morgan fingerprint density at radius 3 is 2.82 bits per heavy atom. The summed E-state index contributed by atoms with van der Waals surface area (Å²) >= 11 is 6.57. The van der Waals surface area contributed by atoms with Crippen molar-refractivity contribution in [3.63, 3.8) is 0 Å². The van der Waals surface area contributed by atoms with Crippen molar-refractivity contribution in [3.8, 4) is 5.75 Å². The van der Waals surface area contributed by atoms with Crippen LogP contribution in [0.25, 0.3) is 11.0 Å². The molecule has 1 saturated carbocycles. The van der Waals surface area contributed by atoms with Gasteiger partial charge in [-0.15, -0.1) is 5.10 Å². The van der Waals surface area contributed by atoms with E-state index in [9.17, 15) is 12.8 Å². The molecule has 34 heavy (non-hydrogen) atoms. The van der Waals surface area contributed by atoms with E-state index in [2.05, 4.69) is 20.6 Å². The molecule has 0 bridgehead atoms. The molecule has 4 rings (SSSR count). The number of nitrogens with one attached hydrogen (secondary N) is 1. The molecule has 0 radical (unpaired) electrons. The van der Waals surface area contributed by atoms with E-state index in [0.29, 0.717) is 54.3 Å². The highest BCUT2D eigenvalue weighted by Gasteiger charge is 2.27. The molecule has 2 aliphatic rings. The first kappa shape index (κ1) is 25.0. The van der Waals surface area contributed by atoms with Crippen molar-refractivity contribution < 1.29 is 17.5 Å². The summed E-state index contributed by atoms with van der Waals surface area (Å²) in [6.07, 6.45) is 5.63. The summed E-state index contributed by atoms with van der Waals surface area (Å²) in [7, 11) is -3.27. The monoisotopic (exact) mass is 512 g/mol. The van der Waals surface area contributed by atoms with Crippen LogP contribution in [0.5, 0.6) is 5.75 Å². The van der Waals surface area contributed by atoms with Crippen molar-refractivity contribution in [2.45, 2.75) is 39.2 Å². The number of rotatable bonds is 11. The van der Waals surface area contributed by atoms with Gasteiger partial charge in [-0.2, -0.15) is 0 Å². The number of nitrogens with zero attached hydrogens (tertiary/aromatic N) is 5. The van der Waals surface area contributed by atoms with Gasteiger partial charge >= 0.3 is 0 Å². The topological polar surface area (TPSA) is 102 Å². The van der Waals surface area contributed by atoms with E-state index >= 15 is 0 Å². The second kappa shape index (κ2) is 10.7. The molecule has 1 aromatic carbocycles. The number of sulfonamides is 1. The van der Waals surface area contributed by atoms with E-state index in [0.717, 1.165) is 24.7 Å². The first-order valence-electron chi connectivity index (χ1n) is 11.5. The summed E-state index contributed by atoms with van der Waals surface area (Å²) in [6, 6.07) is 3.63. The molecule has 2 heterocycles. The lowest BCUT2D eigenvalue weighted by atomic mass is 10.0. The normalized spacial score (nSPS) is 18.9. The van der Waals surface area contributed by atoms with Crippen molar-refractivity contribution in [1.82, 2.24) is 24.6 Å². The van der Waals surface area contributed by atoms with Gasteiger partial charge in [0.15, 0.2) is 5.90 Å². The van der Waals surface area contributed by atoms with Crippen LogP contribution in [0.4, 0.5) is 4.39 Å². The van der Waals surface area contributed by atoms with Gasteiger partial charge in [-0.05, 0) is 37.3 Å². The summed E-state index contributed by atoms with van der Waals surface area (Å²) < 4.78 is 47.0. The van der Waals surface area contributed by atoms with Crippen LogP contribution in [0, 0.1) is 11.8 Å². The number of ether oxygens (including phenoxy) is 1. The standard InChI is InChI=1S/C22H30ClFN6O3S/c1-3-9-29(34(2,31)32)10-8-25-12-16-11-17(24)13-26-22(16)33-19-7-6-18-21(20(19)23)27-28-30(18)14-15-4-5-15/h6-7,13,15-16,25H,3-5,8-12,14H2,1-2H3. The number of hydrogen-bond acceptors (Lipinski definition) is 7. The van der Waals surface area contributed by atoms with Gasteiger partial charge in [0.2, 0.25) is 10.0 Å². The van der Waals surface area contributed by atoms with E-state index in [-0.39, 0.29) is 18.2 Å². The van der Waals surface area contributed by atoms with Crippen molar-refractivity contribution in [2.24, 2.45) is 16.8 Å². The zero-order chi connectivity index (χ0) is 24.3. The van der Waals surface area contributed by atoms with Crippen molar-refractivity contribution in [2.75, 3.05) is 32.4 Å². The zero-order valence-corrected chi connectivity index (χ0v) is 20.9. The highest BCUT2D eigenvalue weighted by atomic mass is 35.5. The van der Waals surface area contributed by atoms with Crippen LogP contribution in [0.1, 0.15) is 32.6 Å². The van der Waals surface area contributed by atoms with Gasteiger partial charge in [0.1, 0.15) is 22.1 Å². The van der Waals surface area contributed by atoms with Gasteiger partial charge < -0.3 is 10.1 Å². The number of aliphatic imine (C=N–C) groups is 1. The van der Waals surface area contributed by atoms with Crippen LogP contribution in [0.2, 0.25) is 5.02 Å². The summed E-state index contributed by atoms with van der Waals surface area (Å²) in [5.41, 5.74) is 1.41. The maximum Gasteiger partial charge on any atom is 0.211 e. The van der Waals surface area contributed by atoms with Gasteiger partial charge in [-0.3, -0.25) is 0 Å². The van der Waals surface area contributed by atoms with Gasteiger partial charge in [-0.1, -0.05) is 23.7 Å². The minimum Gasteiger partial charge on any atom is -0.441 e. The second-order valence-electron chi connectivity index (χ2n) is 8.87. The minimum atomic E-state index is -3.27. The van der Waals surface area contributed by atoms with Crippen LogP contribution in [-0.4, -0.2) is 66.0 Å². The van der Waals surface area contributed by atoms with E-state index in [1.165, 1.54) is 23.4 Å². The van der Waals surface area contributed by atoms with Gasteiger partial charge in [0.05, 0.1) is 23.9 Å². The Hall–Kier alpha value is -2.08. The van der Waals surface area contributed by atoms with Crippen LogP contribution in [0.3, 0.4) is 0 Å². The Bertz CT molecular complexity index is 1190. The highest BCUT2D eigenvalue weighted by molar-refractivity contribution is 7.88. The van der Waals surface area contributed by atoms with Crippen LogP contribution >= 0.6 is 11.6 Å². The molecule has 2 aromatic rings. The molecule has 1 aliphatic carbocycles. The molecule has 186 valence electrons. The highest BCUT2D eigenvalue weighted by Crippen LogP contribution is 2.35. The maximum atomic E-state index is 14.0. The SMILES string of the molecule is CCCN(CCNCC1CC(F)=CN=C1Oc1ccc2c(nnn2CC2CC2)c1Cl)S(C)(=O)=O. The maximum absolute atomic E-state index is 14.0. The second-order valence-corrected chi connectivity index (χ2v) is 11.2. The number of allylic oxidation sites excluding steroid dienone is 1. The lowest BCUT2D eigenvalue weighted by molar-refractivity contribution is 0.391. The Morgan fingerprint density at radius 2 is 2.12 bits per heavy atom. The molecule has 1 aliphatic heterocycles. The van der Waals surface area contributed by atoms with Crippen molar-refractivity contribution >= 4 is 38.6 Å². The van der Waals surface area contributed by atoms with Crippen LogP contribution < -0.4 is 10.1 Å². The lowest BCUT2D eigenvalue weighted by Crippen LogP contribution is -2.39. The molecule has 0 spiro atoms. The van der Waals surface area contributed by atoms with Gasteiger partial charge in [0, 0.05) is 39.1 Å². The number of hydrogen-bond donors (Lipinski definition) is 1. The summed E-state index contributed by atoms with van der Waals surface area (Å²) in [4.78, 5) is 4.15. The molecular weight excluding hydrogens is 483 g/mol. The lowest BCUT2D eigenvalue weighted by Gasteiger charge is -2.23. The third-order valence-electron chi connectivity index (χ3n) is 5.93. The fraction of sp³-hybridized carbons (Fsp3) is 0.591. The summed E-state index contributed by atoms with van der Waals surface area (Å²) in [6.45, 7) is 4.36. The Kier molecular flexibility index (Phi) is 7.86. The van der Waals surface area contributed by atoms with Gasteiger partial charge in [-0.25, -0.2) is 26.8 Å². The molecule has 1 fully saturated rings. The third kappa shape index (κ3) is 6.12. The van der Waals surface area contributed by atoms with E-state index in [1.54, 1.807) is 6.07 Å². The quantitative estimate of drug-likeness (QED) is 0.463. The zero-order valence-electron chi connectivity index (χ0n) is 19.4. The van der Waals surface area contributed by atoms with E-state index in [1.807, 2.05) is 17.7 Å². The number of aromatic nitrogens is 3. The van der Waals surface area contributed by atoms with E-state index < -0.39 is 10.0 Å². The molecule has 0 amide bonds. The molecule has 1 unspecified atom stereocenters. The summed E-state index contributed by atoms with van der Waals surface area (Å²) in [5.74, 6) is 0.678. The van der Waals surface area contributed by atoms with E-state index in [4.69, 9.17) is 16.3 Å². The molecule has 1 aromatic heterocycles. The molecule has 9 nitrogen and oxygen atoms in total. The molecule has 0 saturated heterocycles. The molecule has 12 heteroatoms. The number of halogens is 2. The van der Waals surface area contributed by atoms with Crippen molar-refractivity contribution in [3.05, 3.63) is 29.2 Å². The predicted molar refractivity (Wildman–Crippen MR) is 130 cm³/mol.